The molecule has 9 nitrogen and oxygen atoms in total. The number of nitrogens with zero attached hydrogens (tertiary/aromatic N) is 8. The van der Waals surface area contributed by atoms with Gasteiger partial charge in [0.2, 0.25) is 0 Å². The van der Waals surface area contributed by atoms with Crippen LogP contribution in [0.4, 0.5) is 5.82 Å². The monoisotopic (exact) mass is 514 g/mol. The molecule has 1 amide bonds. The number of amides is 1. The third-order valence-corrected chi connectivity index (χ3v) is 7.16. The predicted octanol–water partition coefficient (Wildman–Crippen LogP) is 4.49. The molecular weight excluding hydrogens is 488 g/mol. The van der Waals surface area contributed by atoms with E-state index in [0.717, 1.165) is 22.5 Å². The molecule has 1 fully saturated rings. The Bertz CT molecular complexity index is 1690. The van der Waals surface area contributed by atoms with E-state index in [-0.39, 0.29) is 18.0 Å². The van der Waals surface area contributed by atoms with E-state index in [0.29, 0.717) is 35.7 Å². The van der Waals surface area contributed by atoms with Crippen molar-refractivity contribution in [2.45, 2.75) is 25.9 Å². The molecule has 6 rings (SSSR count). The number of aromatic nitrogens is 5. The second kappa shape index (κ2) is 9.99. The molecular formula is C30H26N8O. The van der Waals surface area contributed by atoms with Crippen LogP contribution in [0.2, 0.25) is 0 Å². The molecule has 1 saturated heterocycles. The number of anilines is 1. The van der Waals surface area contributed by atoms with Crippen LogP contribution in [0.15, 0.2) is 85.6 Å². The molecule has 0 saturated carbocycles. The Kier molecular flexibility index (Phi) is 6.21. The maximum absolute atomic E-state index is 13.3. The Morgan fingerprint density at radius 1 is 0.923 bits per heavy atom. The third-order valence-electron chi connectivity index (χ3n) is 7.16. The molecule has 0 radical (unpaired) electrons. The molecule has 0 aliphatic carbocycles. The van der Waals surface area contributed by atoms with E-state index in [9.17, 15) is 10.1 Å². The first-order valence-corrected chi connectivity index (χ1v) is 12.8. The van der Waals surface area contributed by atoms with Gasteiger partial charge in [-0.2, -0.15) is 5.26 Å². The molecule has 39 heavy (non-hydrogen) atoms. The van der Waals surface area contributed by atoms with Crippen LogP contribution in [0.25, 0.3) is 28.1 Å². The number of piperazine rings is 1. The van der Waals surface area contributed by atoms with Crippen molar-refractivity contribution < 1.29 is 4.79 Å². The van der Waals surface area contributed by atoms with Crippen molar-refractivity contribution >= 4 is 22.8 Å². The van der Waals surface area contributed by atoms with Crippen LogP contribution in [0, 0.1) is 11.3 Å². The summed E-state index contributed by atoms with van der Waals surface area (Å²) in [7, 11) is 0. The molecule has 192 valence electrons. The maximum atomic E-state index is 13.3. The zero-order chi connectivity index (χ0) is 26.9. The van der Waals surface area contributed by atoms with E-state index in [1.165, 1.54) is 0 Å². The predicted molar refractivity (Wildman–Crippen MR) is 148 cm³/mol. The number of hydrogen-bond acceptors (Lipinski definition) is 7. The fraction of sp³-hybridized carbons (Fsp3) is 0.200. The second-order valence-electron chi connectivity index (χ2n) is 9.71. The minimum Gasteiger partial charge on any atom is -0.349 e. The number of carbonyl (C=O) groups is 1. The normalized spacial score (nSPS) is 17.3. The van der Waals surface area contributed by atoms with Gasteiger partial charge >= 0.3 is 0 Å². The number of pyridine rings is 2. The standard InChI is InChI=1S/C30H26N8O/c1-20-17-37(30(39)23-8-4-3-5-9-23)21(2)16-36(20)28-27-24(25-10-6-7-12-32-25)18-38(29(27)35-19-34-28)26-14-22(15-31)11-13-33-26/h3-14,18-21H,16-17H2,1-2H3/t20-,21+/m0/s1. The van der Waals surface area contributed by atoms with Crippen LogP contribution in [-0.2, 0) is 0 Å². The SMILES string of the molecule is C[C@@H]1CN(c2ncnc3c2c(-c2ccccn2)cn3-c2cc(C#N)ccn2)[C@@H](C)CN1C(=O)c1ccccc1. The van der Waals surface area contributed by atoms with Gasteiger partial charge < -0.3 is 9.80 Å². The van der Waals surface area contributed by atoms with E-state index >= 15 is 0 Å². The summed E-state index contributed by atoms with van der Waals surface area (Å²) in [4.78, 5) is 36.0. The summed E-state index contributed by atoms with van der Waals surface area (Å²) in [6.07, 6.45) is 6.89. The van der Waals surface area contributed by atoms with Gasteiger partial charge in [-0.15, -0.1) is 0 Å². The Morgan fingerprint density at radius 2 is 1.74 bits per heavy atom. The Balaban J connectivity index is 1.45. The number of hydrogen-bond donors (Lipinski definition) is 0. The molecule has 1 aromatic carbocycles. The van der Waals surface area contributed by atoms with Gasteiger partial charge in [0.15, 0.2) is 5.65 Å². The van der Waals surface area contributed by atoms with E-state index < -0.39 is 0 Å². The molecule has 9 heteroatoms. The average Bonchev–Trinajstić information content (AvgIpc) is 3.39. The summed E-state index contributed by atoms with van der Waals surface area (Å²) in [5, 5.41) is 10.3. The van der Waals surface area contributed by atoms with Crippen LogP contribution in [0.1, 0.15) is 29.8 Å². The van der Waals surface area contributed by atoms with Crippen LogP contribution < -0.4 is 4.90 Å². The van der Waals surface area contributed by atoms with Crippen molar-refractivity contribution in [1.82, 2.24) is 29.4 Å². The topological polar surface area (TPSA) is 104 Å². The molecule has 1 aliphatic rings. The lowest BCUT2D eigenvalue weighted by molar-refractivity contribution is 0.0644. The van der Waals surface area contributed by atoms with Crippen LogP contribution in [0.5, 0.6) is 0 Å². The fourth-order valence-corrected chi connectivity index (χ4v) is 5.23. The maximum Gasteiger partial charge on any atom is 0.254 e. The van der Waals surface area contributed by atoms with Crippen LogP contribution >= 0.6 is 0 Å². The highest BCUT2D eigenvalue weighted by Crippen LogP contribution is 2.37. The van der Waals surface area contributed by atoms with Crippen molar-refractivity contribution in [2.24, 2.45) is 0 Å². The van der Waals surface area contributed by atoms with E-state index in [4.69, 9.17) is 4.98 Å². The first-order valence-electron chi connectivity index (χ1n) is 12.8. The van der Waals surface area contributed by atoms with Crippen molar-refractivity contribution in [3.63, 3.8) is 0 Å². The van der Waals surface area contributed by atoms with Gasteiger partial charge in [0.05, 0.1) is 22.7 Å². The van der Waals surface area contributed by atoms with Gasteiger partial charge in [0.1, 0.15) is 18.0 Å². The van der Waals surface area contributed by atoms with Gasteiger partial charge in [-0.1, -0.05) is 24.3 Å². The Labute approximate surface area is 226 Å². The van der Waals surface area contributed by atoms with Crippen molar-refractivity contribution in [3.05, 3.63) is 96.7 Å². The molecule has 5 heterocycles. The first kappa shape index (κ1) is 24.2. The third kappa shape index (κ3) is 4.36. The lowest BCUT2D eigenvalue weighted by atomic mass is 10.0. The number of carbonyl (C=O) groups excluding carboxylic acids is 1. The minimum atomic E-state index is -0.0340. The van der Waals surface area contributed by atoms with Crippen molar-refractivity contribution in [2.75, 3.05) is 18.0 Å². The van der Waals surface area contributed by atoms with E-state index in [2.05, 4.69) is 39.8 Å². The zero-order valence-electron chi connectivity index (χ0n) is 21.6. The largest absolute Gasteiger partial charge is 0.349 e. The first-order chi connectivity index (χ1) is 19.0. The summed E-state index contributed by atoms with van der Waals surface area (Å²) >= 11 is 0. The minimum absolute atomic E-state index is 0.00642. The summed E-state index contributed by atoms with van der Waals surface area (Å²) < 4.78 is 1.88. The van der Waals surface area contributed by atoms with Crippen LogP contribution in [-0.4, -0.2) is 60.5 Å². The molecule has 1 aliphatic heterocycles. The highest BCUT2D eigenvalue weighted by molar-refractivity contribution is 6.02. The van der Waals surface area contributed by atoms with E-state index in [1.54, 1.807) is 30.9 Å². The molecule has 0 bridgehead atoms. The average molecular weight is 515 g/mol. The number of rotatable bonds is 4. The molecule has 4 aromatic heterocycles. The molecule has 2 atom stereocenters. The van der Waals surface area contributed by atoms with Crippen molar-refractivity contribution in [3.8, 4) is 23.1 Å². The number of nitriles is 1. The van der Waals surface area contributed by atoms with Crippen molar-refractivity contribution in [1.29, 1.82) is 5.26 Å². The van der Waals surface area contributed by atoms with Gasteiger partial charge in [0, 0.05) is 54.9 Å². The van der Waals surface area contributed by atoms with Gasteiger partial charge in [0.25, 0.3) is 5.91 Å². The second-order valence-corrected chi connectivity index (χ2v) is 9.71. The van der Waals surface area contributed by atoms with Crippen LogP contribution in [0.3, 0.4) is 0 Å². The smallest absolute Gasteiger partial charge is 0.254 e. The number of fused-ring (bicyclic) bond motifs is 1. The zero-order valence-corrected chi connectivity index (χ0v) is 21.6. The molecule has 0 unspecified atom stereocenters. The lowest BCUT2D eigenvalue weighted by Crippen LogP contribution is -2.58. The molecule has 0 N–H and O–H groups in total. The molecule has 0 spiro atoms. The Morgan fingerprint density at radius 3 is 2.51 bits per heavy atom. The lowest BCUT2D eigenvalue weighted by Gasteiger charge is -2.45. The summed E-state index contributed by atoms with van der Waals surface area (Å²) in [5.41, 5.74) is 3.53. The summed E-state index contributed by atoms with van der Waals surface area (Å²) in [6, 6.07) is 20.8. The number of benzene rings is 1. The van der Waals surface area contributed by atoms with Gasteiger partial charge in [-0.25, -0.2) is 15.0 Å². The summed E-state index contributed by atoms with van der Waals surface area (Å²) in [5.74, 6) is 1.40. The van der Waals surface area contributed by atoms with Gasteiger partial charge in [-0.3, -0.25) is 14.3 Å². The Hall–Kier alpha value is -5.10. The highest BCUT2D eigenvalue weighted by atomic mass is 16.2. The molecule has 5 aromatic rings. The van der Waals surface area contributed by atoms with E-state index in [1.807, 2.05) is 64.2 Å². The highest BCUT2D eigenvalue weighted by Gasteiger charge is 2.35. The fourth-order valence-electron chi connectivity index (χ4n) is 5.23. The van der Waals surface area contributed by atoms with Gasteiger partial charge in [-0.05, 0) is 50.2 Å². The summed E-state index contributed by atoms with van der Waals surface area (Å²) in [6.45, 7) is 5.35. The quantitative estimate of drug-likeness (QED) is 0.348.